The molecule has 3 rings (SSSR count). The van der Waals surface area contributed by atoms with Crippen LogP contribution in [-0.2, 0) is 6.54 Å². The molecule has 1 aliphatic heterocycles. The summed E-state index contributed by atoms with van der Waals surface area (Å²) in [5.74, 6) is 1.41. The SMILES string of the molecule is CCC(NCc1ccnc(N2CCN(C)CC2)c1)c1ccccc1O. The second-order valence-electron chi connectivity index (χ2n) is 6.71. The molecule has 134 valence electrons. The molecule has 1 aromatic heterocycles. The van der Waals surface area contributed by atoms with E-state index >= 15 is 0 Å². The zero-order valence-electron chi connectivity index (χ0n) is 15.2. The van der Waals surface area contributed by atoms with Crippen LogP contribution in [0.4, 0.5) is 5.82 Å². The first-order chi connectivity index (χ1) is 12.2. The Morgan fingerprint density at radius 1 is 1.16 bits per heavy atom. The molecule has 1 aliphatic rings. The van der Waals surface area contributed by atoms with Crippen LogP contribution >= 0.6 is 0 Å². The van der Waals surface area contributed by atoms with Crippen molar-refractivity contribution >= 4 is 5.82 Å². The summed E-state index contributed by atoms with van der Waals surface area (Å²) in [5.41, 5.74) is 2.18. The van der Waals surface area contributed by atoms with Gasteiger partial charge in [-0.1, -0.05) is 25.1 Å². The summed E-state index contributed by atoms with van der Waals surface area (Å²) in [4.78, 5) is 9.25. The lowest BCUT2D eigenvalue weighted by Crippen LogP contribution is -2.44. The molecule has 0 amide bonds. The third-order valence-corrected chi connectivity index (χ3v) is 4.91. The fraction of sp³-hybridized carbons (Fsp3) is 0.450. The Bertz CT molecular complexity index is 683. The zero-order valence-corrected chi connectivity index (χ0v) is 15.2. The number of hydrogen-bond acceptors (Lipinski definition) is 5. The molecule has 1 atom stereocenters. The lowest BCUT2D eigenvalue weighted by atomic mass is 10.0. The van der Waals surface area contributed by atoms with E-state index < -0.39 is 0 Å². The summed E-state index contributed by atoms with van der Waals surface area (Å²) < 4.78 is 0. The normalized spacial score (nSPS) is 16.8. The fourth-order valence-electron chi connectivity index (χ4n) is 3.28. The van der Waals surface area contributed by atoms with E-state index in [9.17, 15) is 5.11 Å². The summed E-state index contributed by atoms with van der Waals surface area (Å²) in [6.07, 6.45) is 2.82. The minimum Gasteiger partial charge on any atom is -0.508 e. The number of likely N-dealkylation sites (N-methyl/N-ethyl adjacent to an activating group) is 1. The Morgan fingerprint density at radius 3 is 2.64 bits per heavy atom. The number of nitrogens with zero attached hydrogens (tertiary/aromatic N) is 3. The van der Waals surface area contributed by atoms with Crippen LogP contribution in [0.25, 0.3) is 0 Å². The highest BCUT2D eigenvalue weighted by atomic mass is 16.3. The zero-order chi connectivity index (χ0) is 17.6. The van der Waals surface area contributed by atoms with Gasteiger partial charge in [-0.05, 0) is 37.2 Å². The largest absolute Gasteiger partial charge is 0.508 e. The molecule has 0 saturated carbocycles. The van der Waals surface area contributed by atoms with Gasteiger partial charge in [-0.15, -0.1) is 0 Å². The standard InChI is InChI=1S/C20H28N4O/c1-3-18(17-6-4-5-7-19(17)25)22-15-16-8-9-21-20(14-16)24-12-10-23(2)11-13-24/h4-9,14,18,22,25H,3,10-13,15H2,1-2H3. The van der Waals surface area contributed by atoms with E-state index in [0.717, 1.165) is 50.5 Å². The molecular formula is C20H28N4O. The Balaban J connectivity index is 1.65. The molecule has 5 nitrogen and oxygen atoms in total. The van der Waals surface area contributed by atoms with Crippen molar-refractivity contribution in [2.24, 2.45) is 0 Å². The van der Waals surface area contributed by atoms with Crippen molar-refractivity contribution in [2.75, 3.05) is 38.1 Å². The van der Waals surface area contributed by atoms with Crippen molar-refractivity contribution in [3.05, 3.63) is 53.7 Å². The van der Waals surface area contributed by atoms with Gasteiger partial charge >= 0.3 is 0 Å². The van der Waals surface area contributed by atoms with Gasteiger partial charge < -0.3 is 20.2 Å². The molecule has 25 heavy (non-hydrogen) atoms. The predicted molar refractivity (Wildman–Crippen MR) is 102 cm³/mol. The monoisotopic (exact) mass is 340 g/mol. The maximum Gasteiger partial charge on any atom is 0.128 e. The first kappa shape index (κ1) is 17.7. The van der Waals surface area contributed by atoms with Crippen molar-refractivity contribution in [2.45, 2.75) is 25.9 Å². The lowest BCUT2D eigenvalue weighted by molar-refractivity contribution is 0.312. The van der Waals surface area contributed by atoms with E-state index in [1.807, 2.05) is 24.4 Å². The lowest BCUT2D eigenvalue weighted by Gasteiger charge is -2.33. The van der Waals surface area contributed by atoms with Crippen LogP contribution < -0.4 is 10.2 Å². The summed E-state index contributed by atoms with van der Waals surface area (Å²) >= 11 is 0. The molecule has 0 radical (unpaired) electrons. The molecule has 1 fully saturated rings. The molecule has 1 saturated heterocycles. The highest BCUT2D eigenvalue weighted by molar-refractivity contribution is 5.41. The highest BCUT2D eigenvalue weighted by Gasteiger charge is 2.16. The molecule has 1 unspecified atom stereocenters. The Hall–Kier alpha value is -2.11. The molecule has 1 aromatic carbocycles. The Morgan fingerprint density at radius 2 is 1.92 bits per heavy atom. The second-order valence-corrected chi connectivity index (χ2v) is 6.71. The first-order valence-electron chi connectivity index (χ1n) is 9.07. The predicted octanol–water partition coefficient (Wildman–Crippen LogP) is 2.78. The van der Waals surface area contributed by atoms with Gasteiger partial charge in [0.2, 0.25) is 0 Å². The number of piperazine rings is 1. The van der Waals surface area contributed by atoms with Crippen molar-refractivity contribution in [1.82, 2.24) is 15.2 Å². The third-order valence-electron chi connectivity index (χ3n) is 4.91. The summed E-state index contributed by atoms with van der Waals surface area (Å²) in [5, 5.41) is 13.6. The average molecular weight is 340 g/mol. The minimum atomic E-state index is 0.140. The summed E-state index contributed by atoms with van der Waals surface area (Å²) in [6, 6.07) is 11.9. The van der Waals surface area contributed by atoms with Crippen LogP contribution in [0.1, 0.15) is 30.5 Å². The van der Waals surface area contributed by atoms with Crippen LogP contribution in [0.5, 0.6) is 5.75 Å². The first-order valence-corrected chi connectivity index (χ1v) is 9.07. The van der Waals surface area contributed by atoms with Crippen LogP contribution in [0.2, 0.25) is 0 Å². The Kier molecular flexibility index (Phi) is 5.89. The smallest absolute Gasteiger partial charge is 0.128 e. The molecule has 0 bridgehead atoms. The Labute approximate surface area is 150 Å². The van der Waals surface area contributed by atoms with E-state index in [0.29, 0.717) is 5.75 Å². The number of aromatic nitrogens is 1. The summed E-state index contributed by atoms with van der Waals surface area (Å²) in [7, 11) is 2.16. The summed E-state index contributed by atoms with van der Waals surface area (Å²) in [6.45, 7) is 7.10. The van der Waals surface area contributed by atoms with Gasteiger partial charge in [0.15, 0.2) is 0 Å². The topological polar surface area (TPSA) is 51.6 Å². The number of para-hydroxylation sites is 1. The van der Waals surface area contributed by atoms with Crippen LogP contribution in [0.3, 0.4) is 0 Å². The number of phenolic OH excluding ortho intramolecular Hbond substituents is 1. The van der Waals surface area contributed by atoms with E-state index in [1.165, 1.54) is 5.56 Å². The second kappa shape index (κ2) is 8.32. The van der Waals surface area contributed by atoms with Crippen molar-refractivity contribution in [3.8, 4) is 5.75 Å². The van der Waals surface area contributed by atoms with Crippen LogP contribution in [0.15, 0.2) is 42.6 Å². The maximum atomic E-state index is 10.1. The number of anilines is 1. The van der Waals surface area contributed by atoms with Gasteiger partial charge in [0.1, 0.15) is 11.6 Å². The van der Waals surface area contributed by atoms with Gasteiger partial charge in [0.25, 0.3) is 0 Å². The van der Waals surface area contributed by atoms with Crippen LogP contribution in [-0.4, -0.2) is 48.2 Å². The van der Waals surface area contributed by atoms with Gasteiger partial charge in [0, 0.05) is 50.5 Å². The van der Waals surface area contributed by atoms with Crippen LogP contribution in [0, 0.1) is 0 Å². The molecule has 2 heterocycles. The number of rotatable bonds is 6. The molecular weight excluding hydrogens is 312 g/mol. The fourth-order valence-corrected chi connectivity index (χ4v) is 3.28. The molecule has 0 aliphatic carbocycles. The highest BCUT2D eigenvalue weighted by Crippen LogP contribution is 2.26. The number of benzene rings is 1. The molecule has 2 N–H and O–H groups in total. The number of nitrogens with one attached hydrogen (secondary N) is 1. The molecule has 5 heteroatoms. The van der Waals surface area contributed by atoms with E-state index in [4.69, 9.17) is 0 Å². The van der Waals surface area contributed by atoms with Gasteiger partial charge in [0.05, 0.1) is 0 Å². The number of phenols is 1. The average Bonchev–Trinajstić information content (AvgIpc) is 2.64. The van der Waals surface area contributed by atoms with Crippen molar-refractivity contribution in [3.63, 3.8) is 0 Å². The van der Waals surface area contributed by atoms with Gasteiger partial charge in [-0.25, -0.2) is 4.98 Å². The van der Waals surface area contributed by atoms with E-state index in [1.54, 1.807) is 6.07 Å². The quantitative estimate of drug-likeness (QED) is 0.847. The number of hydrogen-bond donors (Lipinski definition) is 2. The van der Waals surface area contributed by atoms with E-state index in [-0.39, 0.29) is 6.04 Å². The van der Waals surface area contributed by atoms with Gasteiger partial charge in [-0.3, -0.25) is 0 Å². The minimum absolute atomic E-state index is 0.140. The molecule has 2 aromatic rings. The van der Waals surface area contributed by atoms with Crippen molar-refractivity contribution in [1.29, 1.82) is 0 Å². The maximum absolute atomic E-state index is 10.1. The van der Waals surface area contributed by atoms with Gasteiger partial charge in [-0.2, -0.15) is 0 Å². The van der Waals surface area contributed by atoms with Crippen molar-refractivity contribution < 1.29 is 5.11 Å². The number of pyridine rings is 1. The van der Waals surface area contributed by atoms with E-state index in [2.05, 4.69) is 46.2 Å². The number of aromatic hydroxyl groups is 1. The molecule has 0 spiro atoms. The third kappa shape index (κ3) is 4.50.